The molecule has 14 heavy (non-hydrogen) atoms. The Morgan fingerprint density at radius 1 is 1.14 bits per heavy atom. The molecule has 0 radical (unpaired) electrons. The van der Waals surface area contributed by atoms with Crippen LogP contribution >= 0.6 is 0 Å². The van der Waals surface area contributed by atoms with Gasteiger partial charge in [0, 0.05) is 26.9 Å². The van der Waals surface area contributed by atoms with Crippen molar-refractivity contribution < 1.29 is 9.47 Å². The van der Waals surface area contributed by atoms with E-state index in [2.05, 4.69) is 5.32 Å². The summed E-state index contributed by atoms with van der Waals surface area (Å²) in [6.45, 7) is 1.94. The van der Waals surface area contributed by atoms with Gasteiger partial charge in [-0.1, -0.05) is 0 Å². The second-order valence-electron chi connectivity index (χ2n) is 4.01. The van der Waals surface area contributed by atoms with Gasteiger partial charge in [0.25, 0.3) is 0 Å². The Morgan fingerprint density at radius 2 is 1.86 bits per heavy atom. The monoisotopic (exact) mass is 201 g/mol. The molecule has 0 unspecified atom stereocenters. The van der Waals surface area contributed by atoms with Gasteiger partial charge in [-0.2, -0.15) is 0 Å². The molecule has 0 atom stereocenters. The van der Waals surface area contributed by atoms with E-state index in [0.29, 0.717) is 12.1 Å². The van der Waals surface area contributed by atoms with Crippen molar-refractivity contribution in [2.75, 3.05) is 27.4 Å². The van der Waals surface area contributed by atoms with E-state index in [9.17, 15) is 0 Å². The number of hydrogen-bond acceptors (Lipinski definition) is 3. The van der Waals surface area contributed by atoms with E-state index in [4.69, 9.17) is 9.47 Å². The van der Waals surface area contributed by atoms with Crippen molar-refractivity contribution in [3.63, 3.8) is 0 Å². The lowest BCUT2D eigenvalue weighted by Crippen LogP contribution is -2.35. The van der Waals surface area contributed by atoms with Crippen molar-refractivity contribution in [3.8, 4) is 0 Å². The minimum absolute atomic E-state index is 0.507. The lowest BCUT2D eigenvalue weighted by Gasteiger charge is -2.28. The van der Waals surface area contributed by atoms with Gasteiger partial charge in [0.15, 0.2) is 0 Å². The maximum atomic E-state index is 5.33. The Balaban J connectivity index is 1.98. The molecule has 0 aliphatic heterocycles. The van der Waals surface area contributed by atoms with Crippen LogP contribution in [0.1, 0.15) is 32.1 Å². The molecule has 1 rings (SSSR count). The predicted octanol–water partition coefficient (Wildman–Crippen LogP) is 1.57. The van der Waals surface area contributed by atoms with Crippen molar-refractivity contribution in [2.24, 2.45) is 0 Å². The second-order valence-corrected chi connectivity index (χ2v) is 4.01. The maximum Gasteiger partial charge on any atom is 0.0572 e. The lowest BCUT2D eigenvalue weighted by molar-refractivity contribution is 0.0623. The zero-order valence-electron chi connectivity index (χ0n) is 9.42. The van der Waals surface area contributed by atoms with Gasteiger partial charge in [-0.25, -0.2) is 0 Å². The number of hydrogen-bond donors (Lipinski definition) is 1. The first-order chi connectivity index (χ1) is 6.86. The Morgan fingerprint density at radius 3 is 2.43 bits per heavy atom. The standard InChI is InChI=1S/C11H23NO2/c1-13-9-3-8-12-10-4-6-11(14-2)7-5-10/h10-12H,3-9H2,1-2H3. The van der Waals surface area contributed by atoms with Crippen LogP contribution in [0.5, 0.6) is 0 Å². The summed E-state index contributed by atoms with van der Waals surface area (Å²) in [6.07, 6.45) is 6.54. The van der Waals surface area contributed by atoms with E-state index in [0.717, 1.165) is 19.6 Å². The second kappa shape index (κ2) is 7.21. The molecule has 1 aliphatic carbocycles. The van der Waals surface area contributed by atoms with Crippen LogP contribution in [0.3, 0.4) is 0 Å². The fourth-order valence-electron chi connectivity index (χ4n) is 2.03. The van der Waals surface area contributed by atoms with E-state index in [-0.39, 0.29) is 0 Å². The first-order valence-electron chi connectivity index (χ1n) is 5.62. The molecule has 1 fully saturated rings. The third kappa shape index (κ3) is 4.40. The van der Waals surface area contributed by atoms with Gasteiger partial charge in [0.2, 0.25) is 0 Å². The van der Waals surface area contributed by atoms with Crippen molar-refractivity contribution >= 4 is 0 Å². The summed E-state index contributed by atoms with van der Waals surface area (Å²) in [7, 11) is 3.57. The third-order valence-corrected chi connectivity index (χ3v) is 2.97. The van der Waals surface area contributed by atoms with Crippen LogP contribution < -0.4 is 5.32 Å². The van der Waals surface area contributed by atoms with Crippen LogP contribution in [0.2, 0.25) is 0 Å². The summed E-state index contributed by atoms with van der Waals surface area (Å²) >= 11 is 0. The van der Waals surface area contributed by atoms with Crippen molar-refractivity contribution in [3.05, 3.63) is 0 Å². The van der Waals surface area contributed by atoms with E-state index in [1.165, 1.54) is 25.7 Å². The van der Waals surface area contributed by atoms with E-state index < -0.39 is 0 Å². The normalized spacial score (nSPS) is 27.9. The molecule has 1 saturated carbocycles. The average Bonchev–Trinajstić information content (AvgIpc) is 2.25. The van der Waals surface area contributed by atoms with Gasteiger partial charge < -0.3 is 14.8 Å². The highest BCUT2D eigenvalue weighted by atomic mass is 16.5. The molecule has 0 aromatic carbocycles. The summed E-state index contributed by atoms with van der Waals surface area (Å²) in [5, 5.41) is 3.57. The quantitative estimate of drug-likeness (QED) is 0.662. The highest BCUT2D eigenvalue weighted by Gasteiger charge is 2.19. The third-order valence-electron chi connectivity index (χ3n) is 2.97. The molecule has 0 aromatic heterocycles. The van der Waals surface area contributed by atoms with Crippen LogP contribution in [0.4, 0.5) is 0 Å². The molecule has 0 spiro atoms. The van der Waals surface area contributed by atoms with Crippen LogP contribution in [-0.4, -0.2) is 39.5 Å². The molecule has 0 aromatic rings. The highest BCUT2D eigenvalue weighted by Crippen LogP contribution is 2.20. The fourth-order valence-corrected chi connectivity index (χ4v) is 2.03. The van der Waals surface area contributed by atoms with Gasteiger partial charge in [0.1, 0.15) is 0 Å². The van der Waals surface area contributed by atoms with Crippen LogP contribution in [-0.2, 0) is 9.47 Å². The molecule has 1 aliphatic rings. The van der Waals surface area contributed by atoms with Crippen molar-refractivity contribution in [1.29, 1.82) is 0 Å². The van der Waals surface area contributed by atoms with Crippen LogP contribution in [0, 0.1) is 0 Å². The lowest BCUT2D eigenvalue weighted by atomic mass is 9.93. The molecule has 0 heterocycles. The van der Waals surface area contributed by atoms with Crippen LogP contribution in [0.25, 0.3) is 0 Å². The van der Waals surface area contributed by atoms with Crippen LogP contribution in [0.15, 0.2) is 0 Å². The van der Waals surface area contributed by atoms with Gasteiger partial charge in [-0.3, -0.25) is 0 Å². The van der Waals surface area contributed by atoms with E-state index in [1.54, 1.807) is 7.11 Å². The molecule has 84 valence electrons. The van der Waals surface area contributed by atoms with E-state index in [1.807, 2.05) is 7.11 Å². The summed E-state index contributed by atoms with van der Waals surface area (Å²) in [5.74, 6) is 0. The van der Waals surface area contributed by atoms with Gasteiger partial charge >= 0.3 is 0 Å². The summed E-state index contributed by atoms with van der Waals surface area (Å²) in [4.78, 5) is 0. The minimum atomic E-state index is 0.507. The first kappa shape index (κ1) is 12.0. The van der Waals surface area contributed by atoms with Crippen molar-refractivity contribution in [2.45, 2.75) is 44.2 Å². The van der Waals surface area contributed by atoms with Crippen molar-refractivity contribution in [1.82, 2.24) is 5.32 Å². The highest BCUT2D eigenvalue weighted by molar-refractivity contribution is 4.77. The zero-order valence-corrected chi connectivity index (χ0v) is 9.42. The fraction of sp³-hybridized carbons (Fsp3) is 1.00. The predicted molar refractivity (Wildman–Crippen MR) is 57.5 cm³/mol. The number of nitrogens with one attached hydrogen (secondary N) is 1. The van der Waals surface area contributed by atoms with Gasteiger partial charge in [-0.15, -0.1) is 0 Å². The smallest absolute Gasteiger partial charge is 0.0572 e. The molecular formula is C11H23NO2. The number of rotatable bonds is 6. The molecular weight excluding hydrogens is 178 g/mol. The summed E-state index contributed by atoms with van der Waals surface area (Å²) in [6, 6.07) is 0.707. The topological polar surface area (TPSA) is 30.5 Å². The molecule has 1 N–H and O–H groups in total. The van der Waals surface area contributed by atoms with Gasteiger partial charge in [-0.05, 0) is 38.6 Å². The SMILES string of the molecule is COCCCNC1CCC(OC)CC1. The molecule has 0 bridgehead atoms. The Hall–Kier alpha value is -0.120. The summed E-state index contributed by atoms with van der Waals surface area (Å²) < 4.78 is 10.3. The van der Waals surface area contributed by atoms with Gasteiger partial charge in [0.05, 0.1) is 6.10 Å². The minimum Gasteiger partial charge on any atom is -0.385 e. The number of ether oxygens (including phenoxy) is 2. The summed E-state index contributed by atoms with van der Waals surface area (Å²) in [5.41, 5.74) is 0. The number of methoxy groups -OCH3 is 2. The molecule has 0 saturated heterocycles. The first-order valence-corrected chi connectivity index (χ1v) is 5.62. The average molecular weight is 201 g/mol. The Labute approximate surface area is 87.2 Å². The Bertz CT molecular complexity index is 133. The maximum absolute atomic E-state index is 5.33. The molecule has 3 heteroatoms. The Kier molecular flexibility index (Phi) is 6.15. The molecule has 3 nitrogen and oxygen atoms in total. The van der Waals surface area contributed by atoms with E-state index >= 15 is 0 Å². The zero-order chi connectivity index (χ0) is 10.2. The largest absolute Gasteiger partial charge is 0.385 e. The molecule has 0 amide bonds.